The van der Waals surface area contributed by atoms with Gasteiger partial charge in [0.2, 0.25) is 0 Å². The average molecular weight is 218 g/mol. The molecule has 0 aliphatic carbocycles. The fourth-order valence-corrected chi connectivity index (χ4v) is 1.11. The van der Waals surface area contributed by atoms with Crippen molar-refractivity contribution in [3.8, 4) is 0 Å². The van der Waals surface area contributed by atoms with Crippen LogP contribution in [0.2, 0.25) is 0 Å². The molecule has 5 heteroatoms. The predicted octanol–water partition coefficient (Wildman–Crippen LogP) is 2.62. The number of anilines is 1. The van der Waals surface area contributed by atoms with E-state index < -0.39 is 11.7 Å². The summed E-state index contributed by atoms with van der Waals surface area (Å²) in [6, 6.07) is 5.22. The van der Waals surface area contributed by atoms with E-state index in [1.807, 2.05) is 0 Å². The van der Waals surface area contributed by atoms with Crippen molar-refractivity contribution in [2.75, 3.05) is 26.2 Å². The second kappa shape index (κ2) is 4.10. The van der Waals surface area contributed by atoms with Crippen LogP contribution in [0.3, 0.4) is 0 Å². The topological polar surface area (TPSA) is 6.48 Å². The minimum absolute atomic E-state index is 0.509. The van der Waals surface area contributed by atoms with Crippen LogP contribution < -0.4 is 5.01 Å². The predicted molar refractivity (Wildman–Crippen MR) is 53.5 cm³/mol. The highest BCUT2D eigenvalue weighted by molar-refractivity contribution is 5.47. The van der Waals surface area contributed by atoms with Crippen LogP contribution in [0.25, 0.3) is 0 Å². The molecule has 0 saturated carbocycles. The zero-order valence-corrected chi connectivity index (χ0v) is 8.84. The summed E-state index contributed by atoms with van der Waals surface area (Å²) in [6.07, 6.45) is -4.29. The first-order valence-electron chi connectivity index (χ1n) is 4.40. The van der Waals surface area contributed by atoms with Gasteiger partial charge < -0.3 is 5.01 Å². The van der Waals surface area contributed by atoms with Gasteiger partial charge in [0.15, 0.2) is 0 Å². The van der Waals surface area contributed by atoms with Crippen molar-refractivity contribution in [1.29, 1.82) is 0 Å². The van der Waals surface area contributed by atoms with E-state index in [2.05, 4.69) is 0 Å². The Morgan fingerprint density at radius 3 is 2.13 bits per heavy atom. The quantitative estimate of drug-likeness (QED) is 0.704. The number of alkyl halides is 3. The van der Waals surface area contributed by atoms with Crippen LogP contribution in [-0.2, 0) is 6.18 Å². The van der Waals surface area contributed by atoms with Gasteiger partial charge in [-0.25, -0.2) is 5.01 Å². The average Bonchev–Trinajstić information content (AvgIpc) is 2.15. The maximum atomic E-state index is 12.4. The van der Waals surface area contributed by atoms with Gasteiger partial charge in [0.05, 0.1) is 11.3 Å². The van der Waals surface area contributed by atoms with E-state index >= 15 is 0 Å². The molecular formula is C10H13F3N2. The molecule has 1 rings (SSSR count). The first kappa shape index (κ1) is 11.8. The van der Waals surface area contributed by atoms with E-state index in [-0.39, 0.29) is 0 Å². The van der Waals surface area contributed by atoms with Crippen molar-refractivity contribution in [3.05, 3.63) is 29.8 Å². The van der Waals surface area contributed by atoms with E-state index in [1.165, 1.54) is 6.07 Å². The molecule has 0 amide bonds. The van der Waals surface area contributed by atoms with Crippen LogP contribution in [0.1, 0.15) is 5.56 Å². The Kier molecular flexibility index (Phi) is 3.24. The molecule has 0 heterocycles. The van der Waals surface area contributed by atoms with Crippen LogP contribution in [0, 0.1) is 0 Å². The Hall–Kier alpha value is -1.23. The number of hydrogen-bond donors (Lipinski definition) is 0. The molecule has 0 bridgehead atoms. The van der Waals surface area contributed by atoms with Gasteiger partial charge in [-0.15, -0.1) is 0 Å². The smallest absolute Gasteiger partial charge is 0.309 e. The highest BCUT2D eigenvalue weighted by atomic mass is 19.4. The minimum atomic E-state index is -4.29. The van der Waals surface area contributed by atoms with Gasteiger partial charge in [-0.3, -0.25) is 0 Å². The van der Waals surface area contributed by atoms with Crippen LogP contribution >= 0.6 is 0 Å². The lowest BCUT2D eigenvalue weighted by atomic mass is 10.2. The lowest BCUT2D eigenvalue weighted by molar-refractivity contribution is -0.137. The summed E-state index contributed by atoms with van der Waals surface area (Å²) in [4.78, 5) is 0. The van der Waals surface area contributed by atoms with E-state index in [0.717, 1.165) is 12.1 Å². The van der Waals surface area contributed by atoms with E-state index in [1.54, 1.807) is 37.2 Å². The highest BCUT2D eigenvalue weighted by Crippen LogP contribution is 2.31. The molecule has 2 nitrogen and oxygen atoms in total. The van der Waals surface area contributed by atoms with E-state index in [0.29, 0.717) is 5.69 Å². The Morgan fingerprint density at radius 1 is 1.07 bits per heavy atom. The monoisotopic (exact) mass is 218 g/mol. The van der Waals surface area contributed by atoms with Gasteiger partial charge in [-0.2, -0.15) is 13.2 Å². The maximum absolute atomic E-state index is 12.4. The van der Waals surface area contributed by atoms with Crippen molar-refractivity contribution >= 4 is 5.69 Å². The number of rotatable bonds is 2. The molecule has 0 fully saturated rings. The fraction of sp³-hybridized carbons (Fsp3) is 0.400. The third-order valence-corrected chi connectivity index (χ3v) is 2.15. The van der Waals surface area contributed by atoms with Crippen LogP contribution in [0.15, 0.2) is 24.3 Å². The second-order valence-corrected chi connectivity index (χ2v) is 3.42. The lowest BCUT2D eigenvalue weighted by Crippen LogP contribution is -2.33. The summed E-state index contributed by atoms with van der Waals surface area (Å²) in [5.41, 5.74) is -0.122. The van der Waals surface area contributed by atoms with Crippen LogP contribution in [0.4, 0.5) is 18.9 Å². The van der Waals surface area contributed by atoms with Crippen molar-refractivity contribution in [1.82, 2.24) is 5.01 Å². The first-order chi connectivity index (χ1) is 6.82. The van der Waals surface area contributed by atoms with Gasteiger partial charge in [-0.1, -0.05) is 6.07 Å². The Labute approximate surface area is 86.9 Å². The standard InChI is InChI=1S/C10H13F3N2/c1-14(2)15(3)9-6-4-5-8(7-9)10(11,12)13/h4-7H,1-3H3. The Morgan fingerprint density at radius 2 is 1.67 bits per heavy atom. The molecule has 1 aromatic carbocycles. The summed E-state index contributed by atoms with van der Waals surface area (Å²) in [7, 11) is 5.23. The SMILES string of the molecule is CN(C)N(C)c1cccc(C(F)(F)F)c1. The van der Waals surface area contributed by atoms with Gasteiger partial charge in [0, 0.05) is 21.1 Å². The van der Waals surface area contributed by atoms with Gasteiger partial charge in [0.1, 0.15) is 0 Å². The first-order valence-corrected chi connectivity index (χ1v) is 4.40. The maximum Gasteiger partial charge on any atom is 0.416 e. The zero-order valence-electron chi connectivity index (χ0n) is 8.84. The Balaban J connectivity index is 3.03. The molecule has 0 aliphatic rings. The van der Waals surface area contributed by atoms with E-state index in [9.17, 15) is 13.2 Å². The normalized spacial score (nSPS) is 11.9. The molecule has 0 unspecified atom stereocenters. The van der Waals surface area contributed by atoms with Crippen molar-refractivity contribution in [2.24, 2.45) is 0 Å². The molecule has 0 atom stereocenters. The number of halogens is 3. The molecule has 15 heavy (non-hydrogen) atoms. The van der Waals surface area contributed by atoms with Crippen LogP contribution in [0.5, 0.6) is 0 Å². The highest BCUT2D eigenvalue weighted by Gasteiger charge is 2.30. The third-order valence-electron chi connectivity index (χ3n) is 2.15. The largest absolute Gasteiger partial charge is 0.416 e. The van der Waals surface area contributed by atoms with Gasteiger partial charge in [-0.05, 0) is 18.2 Å². The molecule has 0 radical (unpaired) electrons. The number of benzene rings is 1. The second-order valence-electron chi connectivity index (χ2n) is 3.42. The van der Waals surface area contributed by atoms with Crippen molar-refractivity contribution in [2.45, 2.75) is 6.18 Å². The molecular weight excluding hydrogens is 205 g/mol. The molecule has 0 aliphatic heterocycles. The zero-order chi connectivity index (χ0) is 11.6. The summed E-state index contributed by atoms with van der Waals surface area (Å²) < 4.78 is 37.2. The fourth-order valence-electron chi connectivity index (χ4n) is 1.11. The summed E-state index contributed by atoms with van der Waals surface area (Å²) in [6.45, 7) is 0. The minimum Gasteiger partial charge on any atom is -0.309 e. The number of hydrogen-bond acceptors (Lipinski definition) is 2. The summed E-state index contributed by atoms with van der Waals surface area (Å²) in [5.74, 6) is 0. The lowest BCUT2D eigenvalue weighted by Gasteiger charge is -2.26. The summed E-state index contributed by atoms with van der Waals surface area (Å²) >= 11 is 0. The van der Waals surface area contributed by atoms with Crippen LogP contribution in [-0.4, -0.2) is 26.2 Å². The van der Waals surface area contributed by atoms with Crippen molar-refractivity contribution < 1.29 is 13.2 Å². The molecule has 0 N–H and O–H groups in total. The van der Waals surface area contributed by atoms with E-state index in [4.69, 9.17) is 0 Å². The number of nitrogens with zero attached hydrogens (tertiary/aromatic N) is 2. The molecule has 0 spiro atoms. The molecule has 84 valence electrons. The third kappa shape index (κ3) is 2.86. The van der Waals surface area contributed by atoms with Crippen molar-refractivity contribution in [3.63, 3.8) is 0 Å². The molecule has 0 saturated heterocycles. The van der Waals surface area contributed by atoms with Gasteiger partial charge in [0.25, 0.3) is 0 Å². The van der Waals surface area contributed by atoms with Gasteiger partial charge >= 0.3 is 6.18 Å². The molecule has 1 aromatic rings. The molecule has 0 aromatic heterocycles. The summed E-state index contributed by atoms with van der Waals surface area (Å²) in [5, 5.41) is 3.34. The Bertz CT molecular complexity index is 334. The number of hydrazine groups is 1.